The summed E-state index contributed by atoms with van der Waals surface area (Å²) in [6.45, 7) is 22.9. The summed E-state index contributed by atoms with van der Waals surface area (Å²) in [6.07, 6.45) is 19.8. The van der Waals surface area contributed by atoms with E-state index in [1.54, 1.807) is 5.57 Å². The van der Waals surface area contributed by atoms with Gasteiger partial charge < -0.3 is 16.0 Å². The van der Waals surface area contributed by atoms with E-state index in [0.717, 1.165) is 24.0 Å². The quantitative estimate of drug-likeness (QED) is 0.167. The topological polar surface area (TPSA) is 53.8 Å². The third kappa shape index (κ3) is 10.5. The van der Waals surface area contributed by atoms with E-state index in [-0.39, 0.29) is 5.41 Å². The molecule has 296 valence electrons. The van der Waals surface area contributed by atoms with Gasteiger partial charge in [0.05, 0.1) is 11.4 Å². The molecule has 1 aliphatic heterocycles. The van der Waals surface area contributed by atoms with Crippen LogP contribution in [0.5, 0.6) is 0 Å². The third-order valence-corrected chi connectivity index (χ3v) is 10.6. The monoisotopic (exact) mass is 763 g/mol. The predicted octanol–water partition coefficient (Wildman–Crippen LogP) is 14.6. The molecule has 0 saturated carbocycles. The lowest BCUT2D eigenvalue weighted by Gasteiger charge is -2.22. The van der Waals surface area contributed by atoms with E-state index in [0.29, 0.717) is 11.6 Å². The molecule has 3 nitrogen and oxygen atoms in total. The van der Waals surface area contributed by atoms with Crippen molar-refractivity contribution in [3.05, 3.63) is 222 Å². The fourth-order valence-electron chi connectivity index (χ4n) is 7.50. The van der Waals surface area contributed by atoms with Crippen LogP contribution in [0, 0.1) is 5.92 Å². The van der Waals surface area contributed by atoms with Crippen molar-refractivity contribution >= 4 is 17.0 Å². The summed E-state index contributed by atoms with van der Waals surface area (Å²) < 4.78 is 0. The second kappa shape index (κ2) is 20.2. The number of aromatic amines is 1. The summed E-state index contributed by atoms with van der Waals surface area (Å²) >= 11 is 0. The SMILES string of the molecule is C=C(C)c1cccc(-c2ccccc2)c1.C=C(N)c1cccc(-c2ccccc2)c1.CC.CC(C)C1=C2C/C=C\C3=C(N/C=C\C=C(\C=C1)C2)c1[nH]ccc1C3(C)C. The highest BCUT2D eigenvalue weighted by atomic mass is 14.9. The van der Waals surface area contributed by atoms with E-state index in [1.807, 2.05) is 63.4 Å². The fourth-order valence-corrected chi connectivity index (χ4v) is 7.50. The summed E-state index contributed by atoms with van der Waals surface area (Å²) in [7, 11) is 0. The number of nitrogens with one attached hydrogen (secondary N) is 2. The van der Waals surface area contributed by atoms with Crippen molar-refractivity contribution in [2.75, 3.05) is 0 Å². The van der Waals surface area contributed by atoms with Gasteiger partial charge in [0.1, 0.15) is 0 Å². The average Bonchev–Trinajstić information content (AvgIpc) is 3.82. The summed E-state index contributed by atoms with van der Waals surface area (Å²) in [4.78, 5) is 3.42. The summed E-state index contributed by atoms with van der Waals surface area (Å²) in [5.41, 5.74) is 24.0. The number of nitrogens with two attached hydrogens (primary N) is 1. The number of hydrogen-bond acceptors (Lipinski definition) is 2. The maximum absolute atomic E-state index is 5.67. The van der Waals surface area contributed by atoms with Gasteiger partial charge in [-0.2, -0.15) is 0 Å². The van der Waals surface area contributed by atoms with Gasteiger partial charge in [-0.25, -0.2) is 0 Å². The first-order valence-corrected chi connectivity index (χ1v) is 20.6. The Balaban J connectivity index is 0.000000172. The summed E-state index contributed by atoms with van der Waals surface area (Å²) in [6, 6.07) is 39.4. The van der Waals surface area contributed by atoms with Crippen LogP contribution in [0.25, 0.3) is 39.2 Å². The van der Waals surface area contributed by atoms with Crippen molar-refractivity contribution < 1.29 is 0 Å². The standard InChI is InChI=1S/C24H28N2.C15H14.C14H13N.C2H6/c1-16(2)19-11-10-17-7-6-13-25-22-20(9-5-8-18(19)15-17)24(3,4)21-12-14-26-23(21)22;1-12(2)14-9-6-10-15(11-14)13-7-4-3-5-8-13;1-11(15)13-8-5-9-14(10-13)12-6-3-2-4-7-12;1-2/h5-7,9-14,16,25-26H,8,15H2,1-4H3;3-11H,1H2,2H3;2-10H,1,15H2;1-2H3/b9-5-,13-6-,17-7-;;;. The van der Waals surface area contributed by atoms with E-state index >= 15 is 0 Å². The Morgan fingerprint density at radius 2 is 1.31 bits per heavy atom. The van der Waals surface area contributed by atoms with Crippen molar-refractivity contribution in [3.8, 4) is 22.3 Å². The van der Waals surface area contributed by atoms with E-state index in [1.165, 1.54) is 61.5 Å². The molecule has 4 aromatic carbocycles. The zero-order valence-electron chi connectivity index (χ0n) is 35.6. The second-order valence-electron chi connectivity index (χ2n) is 15.5. The molecular weight excluding hydrogens is 703 g/mol. The molecule has 58 heavy (non-hydrogen) atoms. The van der Waals surface area contributed by atoms with Crippen LogP contribution < -0.4 is 11.1 Å². The van der Waals surface area contributed by atoms with Gasteiger partial charge in [-0.05, 0) is 106 Å². The molecule has 0 atom stereocenters. The maximum Gasteiger partial charge on any atom is 0.0664 e. The minimum atomic E-state index is 0.00878. The number of benzene rings is 4. The van der Waals surface area contributed by atoms with E-state index in [2.05, 4.69) is 173 Å². The first kappa shape index (κ1) is 42.8. The van der Waals surface area contributed by atoms with Crippen molar-refractivity contribution in [3.63, 3.8) is 0 Å². The second-order valence-corrected chi connectivity index (χ2v) is 15.5. The van der Waals surface area contributed by atoms with Crippen LogP contribution in [0.4, 0.5) is 0 Å². The average molecular weight is 764 g/mol. The normalized spacial score (nSPS) is 16.7. The molecule has 2 bridgehead atoms. The summed E-state index contributed by atoms with van der Waals surface area (Å²) in [5.74, 6) is 0.568. The van der Waals surface area contributed by atoms with Gasteiger partial charge in [0.25, 0.3) is 0 Å². The Hall–Kier alpha value is -6.32. The van der Waals surface area contributed by atoms with Crippen molar-refractivity contribution in [2.45, 2.75) is 66.7 Å². The Labute approximate surface area is 348 Å². The van der Waals surface area contributed by atoms with Crippen molar-refractivity contribution in [1.82, 2.24) is 10.3 Å². The van der Waals surface area contributed by atoms with Gasteiger partial charge in [0, 0.05) is 23.5 Å². The molecule has 5 aromatic rings. The lowest BCUT2D eigenvalue weighted by molar-refractivity contribution is 0.654. The molecule has 4 N–H and O–H groups in total. The Morgan fingerprint density at radius 3 is 1.90 bits per heavy atom. The predicted molar refractivity (Wildman–Crippen MR) is 254 cm³/mol. The zero-order chi connectivity index (χ0) is 41.7. The molecule has 1 aromatic heterocycles. The number of aromatic nitrogens is 1. The van der Waals surface area contributed by atoms with Crippen LogP contribution in [-0.4, -0.2) is 4.98 Å². The van der Waals surface area contributed by atoms with E-state index < -0.39 is 0 Å². The van der Waals surface area contributed by atoms with Gasteiger partial charge in [0.15, 0.2) is 0 Å². The Kier molecular flexibility index (Phi) is 14.9. The van der Waals surface area contributed by atoms with Crippen LogP contribution in [-0.2, 0) is 5.41 Å². The first-order valence-electron chi connectivity index (χ1n) is 20.6. The molecule has 0 saturated heterocycles. The number of fused-ring (bicyclic) bond motifs is 4. The highest BCUT2D eigenvalue weighted by Crippen LogP contribution is 2.45. The maximum atomic E-state index is 5.67. The Morgan fingerprint density at radius 1 is 0.724 bits per heavy atom. The van der Waals surface area contributed by atoms with E-state index in [9.17, 15) is 0 Å². The van der Waals surface area contributed by atoms with Crippen LogP contribution in [0.15, 0.2) is 200 Å². The smallest absolute Gasteiger partial charge is 0.0664 e. The molecule has 2 aliphatic carbocycles. The number of hydrogen-bond donors (Lipinski definition) is 3. The number of rotatable bonds is 5. The largest absolute Gasteiger partial charge is 0.399 e. The van der Waals surface area contributed by atoms with Gasteiger partial charge in [-0.3, -0.25) is 0 Å². The minimum Gasteiger partial charge on any atom is -0.399 e. The molecule has 3 aliphatic rings. The van der Waals surface area contributed by atoms with Gasteiger partial charge in [-0.15, -0.1) is 0 Å². The first-order chi connectivity index (χ1) is 28.0. The molecule has 0 unspecified atom stereocenters. The number of allylic oxidation sites excluding steroid dienone is 11. The van der Waals surface area contributed by atoms with E-state index in [4.69, 9.17) is 5.73 Å². The van der Waals surface area contributed by atoms with Crippen LogP contribution in [0.2, 0.25) is 0 Å². The molecule has 0 spiro atoms. The molecule has 0 amide bonds. The zero-order valence-corrected chi connectivity index (χ0v) is 35.6. The van der Waals surface area contributed by atoms with Crippen LogP contribution >= 0.6 is 0 Å². The van der Waals surface area contributed by atoms with Crippen LogP contribution in [0.3, 0.4) is 0 Å². The number of H-pyrrole nitrogens is 1. The minimum absolute atomic E-state index is 0.00878. The van der Waals surface area contributed by atoms with Crippen LogP contribution in [0.1, 0.15) is 83.7 Å². The highest BCUT2D eigenvalue weighted by Gasteiger charge is 2.37. The van der Waals surface area contributed by atoms with Gasteiger partial charge in [-0.1, -0.05) is 193 Å². The lowest BCUT2D eigenvalue weighted by atomic mass is 9.81. The summed E-state index contributed by atoms with van der Waals surface area (Å²) in [5, 5.41) is 3.53. The molecule has 0 radical (unpaired) electrons. The van der Waals surface area contributed by atoms with Crippen molar-refractivity contribution in [2.24, 2.45) is 11.7 Å². The van der Waals surface area contributed by atoms with Gasteiger partial charge in [0.2, 0.25) is 0 Å². The molecule has 2 heterocycles. The van der Waals surface area contributed by atoms with Gasteiger partial charge >= 0.3 is 0 Å². The fraction of sp³-hybridized carbons (Fsp3) is 0.200. The third-order valence-electron chi connectivity index (χ3n) is 10.6. The molecule has 3 heteroatoms. The molecular formula is C55H61N3. The lowest BCUT2D eigenvalue weighted by Crippen LogP contribution is -2.16. The molecule has 8 rings (SSSR count). The highest BCUT2D eigenvalue weighted by molar-refractivity contribution is 5.80. The molecule has 0 fully saturated rings. The Bertz CT molecular complexity index is 2280. The van der Waals surface area contributed by atoms with Crippen molar-refractivity contribution in [1.29, 1.82) is 0 Å².